The van der Waals surface area contributed by atoms with Gasteiger partial charge in [0.25, 0.3) is 0 Å². The Hall–Kier alpha value is -1.06. The van der Waals surface area contributed by atoms with Gasteiger partial charge in [-0.1, -0.05) is 18.2 Å². The molecule has 0 saturated carbocycles. The minimum absolute atomic E-state index is 0.123. The quantitative estimate of drug-likeness (QED) is 0.868. The number of para-hydroxylation sites is 1. The van der Waals surface area contributed by atoms with Gasteiger partial charge in [-0.05, 0) is 38.3 Å². The molecule has 1 aromatic carbocycles. The topological polar surface area (TPSA) is 38.5 Å². The van der Waals surface area contributed by atoms with Gasteiger partial charge in [0, 0.05) is 31.9 Å². The van der Waals surface area contributed by atoms with Crippen molar-refractivity contribution in [3.8, 4) is 0 Å². The maximum absolute atomic E-state index is 5.97. The normalized spacial score (nSPS) is 16.8. The van der Waals surface area contributed by atoms with Crippen LogP contribution in [0.4, 0.5) is 5.69 Å². The molecule has 2 N–H and O–H groups in total. The third-order valence-corrected chi connectivity index (χ3v) is 3.92. The zero-order valence-corrected chi connectivity index (χ0v) is 11.6. The molecule has 0 radical (unpaired) electrons. The summed E-state index contributed by atoms with van der Waals surface area (Å²) in [5.41, 5.74) is 8.63. The van der Waals surface area contributed by atoms with E-state index in [2.05, 4.69) is 43.0 Å². The fourth-order valence-electron chi connectivity index (χ4n) is 2.71. The lowest BCUT2D eigenvalue weighted by Crippen LogP contribution is -2.44. The lowest BCUT2D eigenvalue weighted by atomic mass is 9.97. The molecule has 0 spiro atoms. The number of rotatable bonds is 5. The lowest BCUT2D eigenvalue weighted by molar-refractivity contribution is 0.0102. The van der Waals surface area contributed by atoms with Crippen molar-refractivity contribution in [2.75, 3.05) is 25.1 Å². The Balaban J connectivity index is 2.15. The van der Waals surface area contributed by atoms with Gasteiger partial charge in [0.05, 0.1) is 5.60 Å². The van der Waals surface area contributed by atoms with Crippen LogP contribution in [-0.2, 0) is 11.2 Å². The van der Waals surface area contributed by atoms with E-state index < -0.39 is 0 Å². The molecule has 0 fully saturated rings. The van der Waals surface area contributed by atoms with E-state index in [1.165, 1.54) is 11.3 Å². The summed E-state index contributed by atoms with van der Waals surface area (Å²) in [7, 11) is 1.77. The van der Waals surface area contributed by atoms with Crippen molar-refractivity contribution < 1.29 is 4.74 Å². The second kappa shape index (κ2) is 5.29. The van der Waals surface area contributed by atoms with Crippen LogP contribution in [0.1, 0.15) is 25.8 Å². The largest absolute Gasteiger partial charge is 0.379 e. The van der Waals surface area contributed by atoms with Crippen LogP contribution >= 0.6 is 0 Å². The van der Waals surface area contributed by atoms with Gasteiger partial charge in [0.15, 0.2) is 0 Å². The van der Waals surface area contributed by atoms with E-state index >= 15 is 0 Å². The molecule has 18 heavy (non-hydrogen) atoms. The van der Waals surface area contributed by atoms with Crippen LogP contribution in [0.15, 0.2) is 24.3 Å². The van der Waals surface area contributed by atoms with Gasteiger partial charge >= 0.3 is 0 Å². The van der Waals surface area contributed by atoms with E-state index in [0.717, 1.165) is 19.4 Å². The predicted molar refractivity (Wildman–Crippen MR) is 76.0 cm³/mol. The molecule has 0 bridgehead atoms. The minimum Gasteiger partial charge on any atom is -0.379 e. The molecule has 1 heterocycles. The van der Waals surface area contributed by atoms with Gasteiger partial charge in [-0.3, -0.25) is 0 Å². The number of hydrogen-bond donors (Lipinski definition) is 1. The Bertz CT molecular complexity index is 403. The second-order valence-electron chi connectivity index (χ2n) is 5.63. The number of hydrogen-bond acceptors (Lipinski definition) is 3. The number of ether oxygens (including phenoxy) is 1. The average molecular weight is 248 g/mol. The van der Waals surface area contributed by atoms with E-state index in [1.54, 1.807) is 7.11 Å². The molecule has 1 unspecified atom stereocenters. The maximum atomic E-state index is 5.97. The Morgan fingerprint density at radius 3 is 2.78 bits per heavy atom. The molecular formula is C15H24N2O. The van der Waals surface area contributed by atoms with Crippen LogP contribution in [0.2, 0.25) is 0 Å². The first-order valence-electron chi connectivity index (χ1n) is 6.67. The fourth-order valence-corrected chi connectivity index (χ4v) is 2.71. The molecule has 0 aromatic heterocycles. The van der Waals surface area contributed by atoms with Crippen molar-refractivity contribution in [3.05, 3.63) is 29.8 Å². The minimum atomic E-state index is -0.123. The van der Waals surface area contributed by atoms with Gasteiger partial charge in [0.2, 0.25) is 0 Å². The van der Waals surface area contributed by atoms with E-state index in [9.17, 15) is 0 Å². The summed E-state index contributed by atoms with van der Waals surface area (Å²) >= 11 is 0. The van der Waals surface area contributed by atoms with Crippen molar-refractivity contribution >= 4 is 5.69 Å². The first-order valence-corrected chi connectivity index (χ1v) is 6.67. The van der Waals surface area contributed by atoms with E-state index in [4.69, 9.17) is 10.5 Å². The van der Waals surface area contributed by atoms with Crippen LogP contribution in [0.3, 0.4) is 0 Å². The van der Waals surface area contributed by atoms with Gasteiger partial charge < -0.3 is 15.4 Å². The first-order chi connectivity index (χ1) is 8.57. The molecule has 3 nitrogen and oxygen atoms in total. The smallest absolute Gasteiger partial charge is 0.0642 e. The standard InChI is InChI=1S/C15H24N2O/c1-15(2,18-3)10-13(11-16)17-9-8-12-6-4-5-7-14(12)17/h4-7,13H,8-11,16H2,1-3H3. The maximum Gasteiger partial charge on any atom is 0.0642 e. The first kappa shape index (κ1) is 13.4. The second-order valence-corrected chi connectivity index (χ2v) is 5.63. The Morgan fingerprint density at radius 2 is 2.11 bits per heavy atom. The third kappa shape index (κ3) is 2.68. The molecule has 1 aromatic rings. The van der Waals surface area contributed by atoms with Crippen LogP contribution < -0.4 is 10.6 Å². The van der Waals surface area contributed by atoms with E-state index in [1.807, 2.05) is 0 Å². The van der Waals surface area contributed by atoms with Crippen LogP contribution in [0.25, 0.3) is 0 Å². The summed E-state index contributed by atoms with van der Waals surface area (Å²) in [6, 6.07) is 8.98. The lowest BCUT2D eigenvalue weighted by Gasteiger charge is -2.35. The Labute approximate surface area is 110 Å². The number of benzene rings is 1. The summed E-state index contributed by atoms with van der Waals surface area (Å²) in [6.45, 7) is 5.98. The summed E-state index contributed by atoms with van der Waals surface area (Å²) in [4.78, 5) is 2.44. The highest BCUT2D eigenvalue weighted by Gasteiger charge is 2.30. The summed E-state index contributed by atoms with van der Waals surface area (Å²) in [5.74, 6) is 0. The predicted octanol–water partition coefficient (Wildman–Crippen LogP) is 2.19. The zero-order chi connectivity index (χ0) is 13.2. The van der Waals surface area contributed by atoms with E-state index in [0.29, 0.717) is 12.6 Å². The molecule has 1 aliphatic heterocycles. The van der Waals surface area contributed by atoms with E-state index in [-0.39, 0.29) is 5.60 Å². The molecule has 0 saturated heterocycles. The molecule has 1 atom stereocenters. The molecule has 3 heteroatoms. The number of fused-ring (bicyclic) bond motifs is 1. The van der Waals surface area contributed by atoms with Crippen LogP contribution in [0.5, 0.6) is 0 Å². The fraction of sp³-hybridized carbons (Fsp3) is 0.600. The van der Waals surface area contributed by atoms with Gasteiger partial charge in [-0.25, -0.2) is 0 Å². The molecule has 2 rings (SSSR count). The molecule has 100 valence electrons. The van der Waals surface area contributed by atoms with Crippen LogP contribution in [-0.4, -0.2) is 31.8 Å². The highest BCUT2D eigenvalue weighted by atomic mass is 16.5. The zero-order valence-electron chi connectivity index (χ0n) is 11.6. The molecule has 0 aliphatic carbocycles. The summed E-state index contributed by atoms with van der Waals surface area (Å²) < 4.78 is 5.54. The monoisotopic (exact) mass is 248 g/mol. The average Bonchev–Trinajstić information content (AvgIpc) is 2.80. The number of nitrogens with two attached hydrogens (primary N) is 1. The Morgan fingerprint density at radius 1 is 1.39 bits per heavy atom. The SMILES string of the molecule is COC(C)(C)CC(CN)N1CCc2ccccc21. The molecular weight excluding hydrogens is 224 g/mol. The number of methoxy groups -OCH3 is 1. The van der Waals surface area contributed by atoms with Gasteiger partial charge in [-0.15, -0.1) is 0 Å². The number of nitrogens with zero attached hydrogens (tertiary/aromatic N) is 1. The van der Waals surface area contributed by atoms with Gasteiger partial charge in [0.1, 0.15) is 0 Å². The summed E-state index contributed by atoms with van der Waals surface area (Å²) in [6.07, 6.45) is 2.08. The van der Waals surface area contributed by atoms with Crippen molar-refractivity contribution in [3.63, 3.8) is 0 Å². The molecule has 0 amide bonds. The van der Waals surface area contributed by atoms with Crippen LogP contribution in [0, 0.1) is 0 Å². The van der Waals surface area contributed by atoms with Crippen molar-refractivity contribution in [2.24, 2.45) is 5.73 Å². The highest BCUT2D eigenvalue weighted by Crippen LogP contribution is 2.31. The summed E-state index contributed by atoms with van der Waals surface area (Å²) in [5, 5.41) is 0. The number of anilines is 1. The third-order valence-electron chi connectivity index (χ3n) is 3.92. The van der Waals surface area contributed by atoms with Crippen molar-refractivity contribution in [2.45, 2.75) is 38.3 Å². The Kier molecular flexibility index (Phi) is 3.93. The molecule has 1 aliphatic rings. The van der Waals surface area contributed by atoms with Gasteiger partial charge in [-0.2, -0.15) is 0 Å². The van der Waals surface area contributed by atoms with Crippen molar-refractivity contribution in [1.29, 1.82) is 0 Å². The highest BCUT2D eigenvalue weighted by molar-refractivity contribution is 5.58. The van der Waals surface area contributed by atoms with Crippen molar-refractivity contribution in [1.82, 2.24) is 0 Å².